The van der Waals surface area contributed by atoms with Gasteiger partial charge >= 0.3 is 0 Å². The van der Waals surface area contributed by atoms with Crippen molar-refractivity contribution in [2.75, 3.05) is 26.4 Å². The predicted octanol–water partition coefficient (Wildman–Crippen LogP) is 2.17. The summed E-state index contributed by atoms with van der Waals surface area (Å²) in [6, 6.07) is 5.88. The number of halogens is 1. The summed E-state index contributed by atoms with van der Waals surface area (Å²) in [5.41, 5.74) is 1.42. The lowest BCUT2D eigenvalue weighted by Gasteiger charge is -2.15. The number of aromatic nitrogens is 1. The molecule has 2 N–H and O–H groups in total. The molecule has 1 saturated heterocycles. The highest BCUT2D eigenvalue weighted by Gasteiger charge is 2.18. The number of aliphatic hydroxyl groups is 1. The molecule has 1 unspecified atom stereocenters. The average Bonchev–Trinajstić information content (AvgIpc) is 3.18. The van der Waals surface area contributed by atoms with Crippen LogP contribution in [0.4, 0.5) is 4.39 Å². The highest BCUT2D eigenvalue weighted by atomic mass is 19.1. The van der Waals surface area contributed by atoms with Gasteiger partial charge in [-0.05, 0) is 37.1 Å². The van der Waals surface area contributed by atoms with E-state index < -0.39 is 5.82 Å². The third kappa shape index (κ3) is 4.56. The molecular formula is C19H21FN2O4. The fourth-order valence-corrected chi connectivity index (χ4v) is 2.80. The number of hydrogen-bond donors (Lipinski definition) is 2. The number of carbonyl (C=O) groups is 1. The van der Waals surface area contributed by atoms with Gasteiger partial charge in [-0.1, -0.05) is 0 Å². The van der Waals surface area contributed by atoms with E-state index in [2.05, 4.69) is 10.3 Å². The molecule has 138 valence electrons. The van der Waals surface area contributed by atoms with Gasteiger partial charge in [0.25, 0.3) is 5.91 Å². The topological polar surface area (TPSA) is 80.7 Å². The summed E-state index contributed by atoms with van der Waals surface area (Å²) in [4.78, 5) is 16.1. The standard InChI is InChI=1S/C19H21FN2O4/c20-15-3-4-18(26-12-16-2-1-7-25-16)17(9-15)13-8-14(11-21-10-13)19(24)22-5-6-23/h3-4,8-11,16,23H,1-2,5-7,12H2,(H,22,24). The van der Waals surface area contributed by atoms with Gasteiger partial charge < -0.3 is 19.9 Å². The Morgan fingerprint density at radius 3 is 3.04 bits per heavy atom. The number of amides is 1. The van der Waals surface area contributed by atoms with Crippen molar-refractivity contribution >= 4 is 5.91 Å². The third-order valence-electron chi connectivity index (χ3n) is 4.10. The van der Waals surface area contributed by atoms with Crippen LogP contribution in [0.3, 0.4) is 0 Å². The fourth-order valence-electron chi connectivity index (χ4n) is 2.80. The molecule has 3 rings (SSSR count). The minimum atomic E-state index is -0.403. The van der Waals surface area contributed by atoms with Crippen LogP contribution in [0.15, 0.2) is 36.7 Å². The number of nitrogens with zero attached hydrogens (tertiary/aromatic N) is 1. The zero-order valence-electron chi connectivity index (χ0n) is 14.3. The van der Waals surface area contributed by atoms with Crippen molar-refractivity contribution in [2.45, 2.75) is 18.9 Å². The Morgan fingerprint density at radius 2 is 2.27 bits per heavy atom. The molecule has 1 atom stereocenters. The maximum atomic E-state index is 13.8. The molecule has 26 heavy (non-hydrogen) atoms. The Balaban J connectivity index is 1.83. The Hall–Kier alpha value is -2.51. The second kappa shape index (κ2) is 8.73. The molecular weight excluding hydrogens is 339 g/mol. The number of ether oxygens (including phenoxy) is 2. The third-order valence-corrected chi connectivity index (χ3v) is 4.10. The van der Waals surface area contributed by atoms with E-state index in [1.54, 1.807) is 18.3 Å². The van der Waals surface area contributed by atoms with E-state index in [0.717, 1.165) is 19.4 Å². The second-order valence-corrected chi connectivity index (χ2v) is 6.03. The minimum absolute atomic E-state index is 0.0432. The van der Waals surface area contributed by atoms with E-state index in [1.807, 2.05) is 0 Å². The van der Waals surface area contributed by atoms with Crippen LogP contribution in [0, 0.1) is 5.82 Å². The quantitative estimate of drug-likeness (QED) is 0.791. The van der Waals surface area contributed by atoms with Crippen LogP contribution in [0.5, 0.6) is 5.75 Å². The Bertz CT molecular complexity index is 763. The number of aliphatic hydroxyl groups excluding tert-OH is 1. The smallest absolute Gasteiger partial charge is 0.252 e. The number of pyridine rings is 1. The van der Waals surface area contributed by atoms with Crippen molar-refractivity contribution in [1.29, 1.82) is 0 Å². The molecule has 0 saturated carbocycles. The van der Waals surface area contributed by atoms with E-state index in [1.165, 1.54) is 18.3 Å². The van der Waals surface area contributed by atoms with Crippen LogP contribution >= 0.6 is 0 Å². The van der Waals surface area contributed by atoms with Crippen LogP contribution in [-0.4, -0.2) is 48.5 Å². The number of nitrogens with one attached hydrogen (secondary N) is 1. The molecule has 0 radical (unpaired) electrons. The molecule has 1 aromatic carbocycles. The highest BCUT2D eigenvalue weighted by Crippen LogP contribution is 2.31. The molecule has 1 aliphatic rings. The Morgan fingerprint density at radius 1 is 1.38 bits per heavy atom. The van der Waals surface area contributed by atoms with E-state index in [9.17, 15) is 9.18 Å². The van der Waals surface area contributed by atoms with Crippen molar-refractivity contribution in [3.63, 3.8) is 0 Å². The summed E-state index contributed by atoms with van der Waals surface area (Å²) < 4.78 is 25.2. The molecule has 1 aliphatic heterocycles. The van der Waals surface area contributed by atoms with Crippen LogP contribution in [-0.2, 0) is 4.74 Å². The lowest BCUT2D eigenvalue weighted by Crippen LogP contribution is -2.26. The molecule has 1 fully saturated rings. The lowest BCUT2D eigenvalue weighted by atomic mass is 10.0. The van der Waals surface area contributed by atoms with Crippen molar-refractivity contribution in [3.05, 3.63) is 48.0 Å². The summed E-state index contributed by atoms with van der Waals surface area (Å²) in [7, 11) is 0. The van der Waals surface area contributed by atoms with Crippen molar-refractivity contribution in [3.8, 4) is 16.9 Å². The summed E-state index contributed by atoms with van der Waals surface area (Å²) in [6.07, 6.45) is 4.97. The van der Waals surface area contributed by atoms with Crippen LogP contribution in [0.1, 0.15) is 23.2 Å². The van der Waals surface area contributed by atoms with Gasteiger partial charge in [-0.3, -0.25) is 9.78 Å². The highest BCUT2D eigenvalue weighted by molar-refractivity contribution is 5.95. The summed E-state index contributed by atoms with van der Waals surface area (Å²) in [5, 5.41) is 11.4. The molecule has 7 heteroatoms. The molecule has 1 aromatic heterocycles. The first kappa shape index (κ1) is 18.3. The van der Waals surface area contributed by atoms with Crippen molar-refractivity contribution < 1.29 is 23.8 Å². The Kier molecular flexibility index (Phi) is 6.14. The monoisotopic (exact) mass is 360 g/mol. The van der Waals surface area contributed by atoms with Gasteiger partial charge in [0.2, 0.25) is 0 Å². The minimum Gasteiger partial charge on any atom is -0.490 e. The normalized spacial score (nSPS) is 16.5. The molecule has 0 aliphatic carbocycles. The van der Waals surface area contributed by atoms with Gasteiger partial charge in [0.15, 0.2) is 0 Å². The van der Waals surface area contributed by atoms with Gasteiger partial charge in [-0.2, -0.15) is 0 Å². The van der Waals surface area contributed by atoms with Crippen LogP contribution < -0.4 is 10.1 Å². The summed E-state index contributed by atoms with van der Waals surface area (Å²) in [6.45, 7) is 1.13. The summed E-state index contributed by atoms with van der Waals surface area (Å²) >= 11 is 0. The summed E-state index contributed by atoms with van der Waals surface area (Å²) in [5.74, 6) is -0.247. The maximum Gasteiger partial charge on any atom is 0.252 e. The lowest BCUT2D eigenvalue weighted by molar-refractivity contribution is 0.0681. The molecule has 6 nitrogen and oxygen atoms in total. The van der Waals surface area contributed by atoms with Crippen molar-refractivity contribution in [2.24, 2.45) is 0 Å². The first-order valence-electron chi connectivity index (χ1n) is 8.56. The van der Waals surface area contributed by atoms with E-state index >= 15 is 0 Å². The van der Waals surface area contributed by atoms with E-state index in [-0.39, 0.29) is 25.2 Å². The first-order valence-corrected chi connectivity index (χ1v) is 8.56. The van der Waals surface area contributed by atoms with Crippen LogP contribution in [0.25, 0.3) is 11.1 Å². The number of rotatable bonds is 7. The molecule has 2 heterocycles. The Labute approximate surface area is 151 Å². The van der Waals surface area contributed by atoms with E-state index in [4.69, 9.17) is 14.6 Å². The number of hydrogen-bond acceptors (Lipinski definition) is 5. The van der Waals surface area contributed by atoms with Crippen molar-refractivity contribution in [1.82, 2.24) is 10.3 Å². The molecule has 0 spiro atoms. The van der Waals surface area contributed by atoms with Gasteiger partial charge in [0.1, 0.15) is 18.2 Å². The number of carbonyl (C=O) groups excluding carboxylic acids is 1. The van der Waals surface area contributed by atoms with Crippen LogP contribution in [0.2, 0.25) is 0 Å². The maximum absolute atomic E-state index is 13.8. The van der Waals surface area contributed by atoms with Gasteiger partial charge in [0.05, 0.1) is 18.3 Å². The number of benzene rings is 1. The fraction of sp³-hybridized carbons (Fsp3) is 0.368. The second-order valence-electron chi connectivity index (χ2n) is 6.03. The van der Waals surface area contributed by atoms with Gasteiger partial charge in [-0.25, -0.2) is 4.39 Å². The van der Waals surface area contributed by atoms with Gasteiger partial charge in [0, 0.05) is 36.7 Å². The zero-order chi connectivity index (χ0) is 18.4. The zero-order valence-corrected chi connectivity index (χ0v) is 14.3. The van der Waals surface area contributed by atoms with Gasteiger partial charge in [-0.15, -0.1) is 0 Å². The van der Waals surface area contributed by atoms with E-state index in [0.29, 0.717) is 29.0 Å². The molecule has 2 aromatic rings. The average molecular weight is 360 g/mol. The predicted molar refractivity (Wildman–Crippen MR) is 93.5 cm³/mol. The SMILES string of the molecule is O=C(NCCO)c1cncc(-c2cc(F)ccc2OCC2CCCO2)c1. The first-order chi connectivity index (χ1) is 12.7. The molecule has 0 bridgehead atoms. The molecule has 1 amide bonds. The largest absolute Gasteiger partial charge is 0.490 e.